The SMILES string of the molecule is COCCOc1nc(N)c2nc(OCOC(=O)OC(C)C)n(Cc3cccc(CP(=O)(OCOC(=O)OC(C)C)OCOC(=O)OC(C)C)c3)c2n1. The molecule has 52 heavy (non-hydrogen) atoms. The van der Waals surface area contributed by atoms with Gasteiger partial charge < -0.3 is 48.4 Å². The first-order chi connectivity index (χ1) is 24.7. The Kier molecular flexibility index (Phi) is 16.1. The summed E-state index contributed by atoms with van der Waals surface area (Å²) in [6.07, 6.45) is -4.75. The van der Waals surface area contributed by atoms with Crippen LogP contribution in [0.25, 0.3) is 11.2 Å². The zero-order valence-corrected chi connectivity index (χ0v) is 30.8. The van der Waals surface area contributed by atoms with Crippen molar-refractivity contribution in [2.45, 2.75) is 72.6 Å². The Bertz CT molecular complexity index is 1650. The van der Waals surface area contributed by atoms with Gasteiger partial charge in [0.05, 0.1) is 37.6 Å². The summed E-state index contributed by atoms with van der Waals surface area (Å²) in [4.78, 5) is 48.6. The smallest absolute Gasteiger partial charge is 0.461 e. The zero-order chi connectivity index (χ0) is 38.3. The number of nitrogens with zero attached hydrogens (tertiary/aromatic N) is 4. The Balaban J connectivity index is 1.88. The van der Waals surface area contributed by atoms with Crippen LogP contribution in [0.4, 0.5) is 20.2 Å². The molecule has 1 aromatic carbocycles. The van der Waals surface area contributed by atoms with E-state index in [1.807, 2.05) is 0 Å². The minimum Gasteiger partial charge on any atom is -0.461 e. The molecule has 0 atom stereocenters. The molecule has 0 aliphatic rings. The molecular weight excluding hydrogens is 713 g/mol. The molecule has 2 N–H and O–H groups in total. The predicted molar refractivity (Wildman–Crippen MR) is 179 cm³/mol. The Morgan fingerprint density at radius 1 is 0.769 bits per heavy atom. The molecule has 21 heteroatoms. The summed E-state index contributed by atoms with van der Waals surface area (Å²) < 4.78 is 71.8. The number of aromatic nitrogens is 4. The van der Waals surface area contributed by atoms with Crippen molar-refractivity contribution in [3.05, 3.63) is 35.4 Å². The number of hydrogen-bond donors (Lipinski definition) is 1. The van der Waals surface area contributed by atoms with Crippen LogP contribution < -0.4 is 15.2 Å². The first-order valence-electron chi connectivity index (χ1n) is 15.9. The average molecular weight is 758 g/mol. The quantitative estimate of drug-likeness (QED) is 0.0515. The van der Waals surface area contributed by atoms with Gasteiger partial charge in [-0.05, 0) is 52.7 Å². The van der Waals surface area contributed by atoms with E-state index < -0.39 is 64.8 Å². The maximum Gasteiger partial charge on any atom is 0.511 e. The van der Waals surface area contributed by atoms with Gasteiger partial charge in [-0.25, -0.2) is 14.4 Å². The number of carbonyl (C=O) groups excluding carboxylic acids is 3. The number of carbonyl (C=O) groups is 3. The summed E-state index contributed by atoms with van der Waals surface area (Å²) >= 11 is 0. The highest BCUT2D eigenvalue weighted by molar-refractivity contribution is 7.53. The van der Waals surface area contributed by atoms with Gasteiger partial charge >= 0.3 is 38.1 Å². The van der Waals surface area contributed by atoms with E-state index in [9.17, 15) is 18.9 Å². The maximum atomic E-state index is 13.8. The van der Waals surface area contributed by atoms with Crippen LogP contribution in [0.5, 0.6) is 12.0 Å². The third kappa shape index (κ3) is 14.0. The minimum absolute atomic E-state index is 0.0101. The maximum absolute atomic E-state index is 13.8. The first-order valence-corrected chi connectivity index (χ1v) is 17.6. The van der Waals surface area contributed by atoms with Gasteiger partial charge in [0.15, 0.2) is 17.0 Å². The van der Waals surface area contributed by atoms with E-state index in [0.717, 1.165) is 0 Å². The monoisotopic (exact) mass is 757 g/mol. The highest BCUT2D eigenvalue weighted by Crippen LogP contribution is 2.51. The summed E-state index contributed by atoms with van der Waals surface area (Å²) in [6, 6.07) is 6.65. The largest absolute Gasteiger partial charge is 0.511 e. The van der Waals surface area contributed by atoms with E-state index in [1.54, 1.807) is 65.8 Å². The Hall–Kier alpha value is -4.91. The lowest BCUT2D eigenvalue weighted by atomic mass is 10.1. The van der Waals surface area contributed by atoms with Crippen LogP contribution in [0.3, 0.4) is 0 Å². The van der Waals surface area contributed by atoms with Crippen molar-refractivity contribution in [1.29, 1.82) is 0 Å². The van der Waals surface area contributed by atoms with E-state index in [2.05, 4.69) is 15.0 Å². The molecule has 0 aliphatic carbocycles. The van der Waals surface area contributed by atoms with Crippen LogP contribution in [0.2, 0.25) is 0 Å². The second-order valence-corrected chi connectivity index (χ2v) is 13.5. The summed E-state index contributed by atoms with van der Waals surface area (Å²) in [5.41, 5.74) is 7.64. The van der Waals surface area contributed by atoms with Crippen molar-refractivity contribution in [3.8, 4) is 12.0 Å². The molecule has 0 aliphatic heterocycles. The lowest BCUT2D eigenvalue weighted by Gasteiger charge is -2.19. The number of nitrogen functional groups attached to an aromatic ring is 1. The molecule has 2 heterocycles. The zero-order valence-electron chi connectivity index (χ0n) is 29.9. The summed E-state index contributed by atoms with van der Waals surface area (Å²) in [7, 11) is -2.64. The molecule has 20 nitrogen and oxygen atoms in total. The van der Waals surface area contributed by atoms with E-state index in [4.69, 9.17) is 57.4 Å². The molecule has 0 saturated heterocycles. The van der Waals surface area contributed by atoms with Gasteiger partial charge in [0.1, 0.15) is 6.61 Å². The van der Waals surface area contributed by atoms with Gasteiger partial charge in [0.25, 0.3) is 0 Å². The van der Waals surface area contributed by atoms with Crippen LogP contribution in [-0.2, 0) is 59.5 Å². The van der Waals surface area contributed by atoms with Gasteiger partial charge in [-0.15, -0.1) is 0 Å². The number of ether oxygens (including phenoxy) is 9. The summed E-state index contributed by atoms with van der Waals surface area (Å²) in [6.45, 7) is 8.12. The minimum atomic E-state index is -4.16. The molecule has 2 aromatic heterocycles. The summed E-state index contributed by atoms with van der Waals surface area (Å²) in [5, 5.41) is 0. The fourth-order valence-corrected chi connectivity index (χ4v) is 5.32. The van der Waals surface area contributed by atoms with Gasteiger partial charge in [-0.1, -0.05) is 24.3 Å². The van der Waals surface area contributed by atoms with Crippen molar-refractivity contribution in [3.63, 3.8) is 0 Å². The fraction of sp³-hybridized carbons (Fsp3) is 0.548. The van der Waals surface area contributed by atoms with Crippen LogP contribution in [-0.4, -0.2) is 97.0 Å². The Morgan fingerprint density at radius 3 is 1.88 bits per heavy atom. The summed E-state index contributed by atoms with van der Waals surface area (Å²) in [5.74, 6) is -0.0101. The number of rotatable bonds is 20. The number of nitrogens with two attached hydrogens (primary N) is 1. The van der Waals surface area contributed by atoms with Crippen LogP contribution in [0.1, 0.15) is 52.7 Å². The standard InChI is InChI=1S/C31H44N5O15P/c1-19(2)49-29(37)44-16-43-28-33-24-25(32)34-27(42-12-11-41-7)35-26(24)36(28)14-22-9-8-10-23(13-22)15-52(40,47-17-45-30(38)50-20(3)4)48-18-46-31(39)51-21(5)6/h8-10,13,19-21H,11-12,14-18H2,1-7H3,(H2,32,34,35). The van der Waals surface area contributed by atoms with Crippen molar-refractivity contribution < 1.29 is 70.6 Å². The molecule has 0 fully saturated rings. The Labute approximate surface area is 299 Å². The second-order valence-electron chi connectivity index (χ2n) is 11.4. The van der Waals surface area contributed by atoms with Crippen molar-refractivity contribution >= 4 is 43.0 Å². The van der Waals surface area contributed by atoms with Crippen LogP contribution in [0.15, 0.2) is 24.3 Å². The highest BCUT2D eigenvalue weighted by Gasteiger charge is 2.28. The van der Waals surface area contributed by atoms with Gasteiger partial charge in [-0.2, -0.15) is 15.0 Å². The van der Waals surface area contributed by atoms with Gasteiger partial charge in [0.2, 0.25) is 20.4 Å². The van der Waals surface area contributed by atoms with E-state index in [1.165, 1.54) is 11.7 Å². The van der Waals surface area contributed by atoms with E-state index >= 15 is 0 Å². The van der Waals surface area contributed by atoms with Crippen molar-refractivity contribution in [2.75, 3.05) is 46.4 Å². The van der Waals surface area contributed by atoms with Crippen molar-refractivity contribution in [1.82, 2.24) is 19.5 Å². The predicted octanol–water partition coefficient (Wildman–Crippen LogP) is 5.14. The lowest BCUT2D eigenvalue weighted by Crippen LogP contribution is -2.17. The third-order valence-electron chi connectivity index (χ3n) is 6.01. The molecular formula is C31H44N5O15P. The first kappa shape index (κ1) is 41.5. The molecule has 0 unspecified atom stereocenters. The lowest BCUT2D eigenvalue weighted by molar-refractivity contribution is -0.0306. The highest BCUT2D eigenvalue weighted by atomic mass is 31.2. The number of hydrogen-bond acceptors (Lipinski definition) is 19. The second kappa shape index (κ2) is 20.2. The average Bonchev–Trinajstić information content (AvgIpc) is 3.37. The molecule has 0 amide bonds. The van der Waals surface area contributed by atoms with Gasteiger partial charge in [0, 0.05) is 7.11 Å². The fourth-order valence-electron chi connectivity index (χ4n) is 4.00. The number of imidazole rings is 1. The Morgan fingerprint density at radius 2 is 1.33 bits per heavy atom. The molecule has 0 spiro atoms. The van der Waals surface area contributed by atoms with E-state index in [0.29, 0.717) is 11.1 Å². The number of anilines is 1. The number of benzene rings is 1. The topological polar surface area (TPSA) is 239 Å². The van der Waals surface area contributed by atoms with Crippen molar-refractivity contribution in [2.24, 2.45) is 0 Å². The van der Waals surface area contributed by atoms with Gasteiger partial charge in [-0.3, -0.25) is 18.2 Å². The normalized spacial score (nSPS) is 11.5. The molecule has 0 radical (unpaired) electrons. The molecule has 3 aromatic rings. The molecule has 3 rings (SSSR count). The number of methoxy groups -OCH3 is 1. The van der Waals surface area contributed by atoms with Crippen LogP contribution in [0, 0.1) is 0 Å². The molecule has 288 valence electrons. The van der Waals surface area contributed by atoms with E-state index in [-0.39, 0.29) is 54.9 Å². The molecule has 0 bridgehead atoms. The molecule has 0 saturated carbocycles. The number of fused-ring (bicyclic) bond motifs is 1. The van der Waals surface area contributed by atoms with Crippen LogP contribution >= 0.6 is 7.60 Å². The third-order valence-corrected chi connectivity index (χ3v) is 7.76.